The molecular formula is C10H5N5O. The number of hydrogen-bond donors (Lipinski definition) is 1. The fourth-order valence-electron chi connectivity index (χ4n) is 1.70. The van der Waals surface area contributed by atoms with E-state index in [0.717, 1.165) is 5.71 Å². The zero-order valence-corrected chi connectivity index (χ0v) is 8.05. The van der Waals surface area contributed by atoms with Crippen LogP contribution < -0.4 is 0 Å². The Bertz CT molecular complexity index is 621. The second kappa shape index (κ2) is 2.97. The Hall–Kier alpha value is -2.55. The van der Waals surface area contributed by atoms with Crippen LogP contribution in [0.1, 0.15) is 16.8 Å². The Kier molecular flexibility index (Phi) is 1.62. The summed E-state index contributed by atoms with van der Waals surface area (Å²) < 4.78 is 0. The summed E-state index contributed by atoms with van der Waals surface area (Å²) in [7, 11) is 0. The van der Waals surface area contributed by atoms with E-state index >= 15 is 0 Å². The van der Waals surface area contributed by atoms with E-state index in [1.165, 1.54) is 6.20 Å². The van der Waals surface area contributed by atoms with E-state index in [1.807, 2.05) is 6.07 Å². The number of allylic oxidation sites excluding steroid dienone is 1. The molecule has 0 unspecified atom stereocenters. The van der Waals surface area contributed by atoms with Crippen LogP contribution in [-0.4, -0.2) is 15.8 Å². The van der Waals surface area contributed by atoms with E-state index in [9.17, 15) is 5.11 Å². The van der Waals surface area contributed by atoms with Crippen molar-refractivity contribution in [1.29, 1.82) is 5.26 Å². The molecule has 1 aromatic rings. The second-order valence-electron chi connectivity index (χ2n) is 3.44. The van der Waals surface area contributed by atoms with Crippen LogP contribution in [0.4, 0.5) is 0 Å². The van der Waals surface area contributed by atoms with Gasteiger partial charge in [-0.2, -0.15) is 5.26 Å². The van der Waals surface area contributed by atoms with Gasteiger partial charge in [0.2, 0.25) is 0 Å². The van der Waals surface area contributed by atoms with E-state index in [4.69, 9.17) is 5.26 Å². The van der Waals surface area contributed by atoms with Gasteiger partial charge in [0.15, 0.2) is 0 Å². The second-order valence-corrected chi connectivity index (χ2v) is 3.44. The van der Waals surface area contributed by atoms with Crippen molar-refractivity contribution in [1.82, 2.24) is 4.98 Å². The highest BCUT2D eigenvalue weighted by molar-refractivity contribution is 6.07. The number of hydrogen-bond acceptors (Lipinski definition) is 6. The maximum atomic E-state index is 9.84. The van der Waals surface area contributed by atoms with Gasteiger partial charge in [0, 0.05) is 18.2 Å². The number of fused-ring (bicyclic) bond motifs is 2. The predicted molar refractivity (Wildman–Crippen MR) is 54.6 cm³/mol. The molecule has 1 aromatic heterocycles. The van der Waals surface area contributed by atoms with Gasteiger partial charge in [0.1, 0.15) is 23.1 Å². The third kappa shape index (κ3) is 1.05. The first-order chi connectivity index (χ1) is 7.79. The lowest BCUT2D eigenvalue weighted by Gasteiger charge is -2.13. The van der Waals surface area contributed by atoms with E-state index in [2.05, 4.69) is 20.4 Å². The molecule has 2 aliphatic rings. The molecule has 1 aliphatic heterocycles. The average Bonchev–Trinajstić information content (AvgIpc) is 2.74. The molecule has 1 aliphatic carbocycles. The Morgan fingerprint density at radius 1 is 1.44 bits per heavy atom. The molecule has 0 saturated heterocycles. The molecule has 0 amide bonds. The highest BCUT2D eigenvalue weighted by Gasteiger charge is 2.24. The topological polar surface area (TPSA) is 94.0 Å². The van der Waals surface area contributed by atoms with E-state index in [0.29, 0.717) is 23.4 Å². The van der Waals surface area contributed by atoms with Crippen LogP contribution in [-0.2, 0) is 6.42 Å². The van der Waals surface area contributed by atoms with Crippen molar-refractivity contribution < 1.29 is 5.11 Å². The monoisotopic (exact) mass is 211 g/mol. The normalized spacial score (nSPS) is 15.9. The van der Waals surface area contributed by atoms with Crippen LogP contribution in [0.5, 0.6) is 5.75 Å². The summed E-state index contributed by atoms with van der Waals surface area (Å²) in [6, 6.07) is 1.88. The summed E-state index contributed by atoms with van der Waals surface area (Å²) in [4.78, 5) is 4.12. The average molecular weight is 211 g/mol. The summed E-state index contributed by atoms with van der Waals surface area (Å²) in [5.41, 5.74) is 2.75. The molecule has 0 spiro atoms. The molecule has 0 bridgehead atoms. The van der Waals surface area contributed by atoms with Crippen LogP contribution >= 0.6 is 0 Å². The lowest BCUT2D eigenvalue weighted by molar-refractivity contribution is 0.470. The van der Waals surface area contributed by atoms with E-state index in [-0.39, 0.29) is 11.3 Å². The van der Waals surface area contributed by atoms with Crippen molar-refractivity contribution >= 4 is 11.8 Å². The molecule has 0 fully saturated rings. The number of nitrogens with zero attached hydrogens (tertiary/aromatic N) is 5. The first kappa shape index (κ1) is 8.73. The molecule has 1 N–H and O–H groups in total. The molecule has 2 heterocycles. The highest BCUT2D eigenvalue weighted by Crippen LogP contribution is 2.32. The summed E-state index contributed by atoms with van der Waals surface area (Å²) in [5, 5.41) is 29.8. The van der Waals surface area contributed by atoms with Crippen molar-refractivity contribution in [3.8, 4) is 11.8 Å². The highest BCUT2D eigenvalue weighted by atomic mass is 16.3. The molecule has 6 heteroatoms. The van der Waals surface area contributed by atoms with Gasteiger partial charge in [0.05, 0.1) is 11.4 Å². The van der Waals surface area contributed by atoms with Crippen LogP contribution in [0.2, 0.25) is 0 Å². The molecule has 0 saturated carbocycles. The fourth-order valence-corrected chi connectivity index (χ4v) is 1.70. The molecule has 6 nitrogen and oxygen atoms in total. The molecule has 3 rings (SSSR count). The largest absolute Gasteiger partial charge is 0.506 e. The van der Waals surface area contributed by atoms with Gasteiger partial charge >= 0.3 is 0 Å². The fraction of sp³-hybridized carbons (Fsp3) is 0.100. The smallest absolute Gasteiger partial charge is 0.144 e. The summed E-state index contributed by atoms with van der Waals surface area (Å²) in [6.45, 7) is 0. The van der Waals surface area contributed by atoms with Crippen LogP contribution in [0.15, 0.2) is 27.3 Å². The lowest BCUT2D eigenvalue weighted by Crippen LogP contribution is -2.11. The van der Waals surface area contributed by atoms with Gasteiger partial charge < -0.3 is 5.11 Å². The summed E-state index contributed by atoms with van der Waals surface area (Å²) in [6.07, 6.45) is 3.49. The number of pyridine rings is 1. The number of aromatic hydroxyl groups is 1. The van der Waals surface area contributed by atoms with E-state index in [1.54, 1.807) is 6.08 Å². The van der Waals surface area contributed by atoms with Gasteiger partial charge in [-0.1, -0.05) is 0 Å². The van der Waals surface area contributed by atoms with Crippen molar-refractivity contribution in [2.45, 2.75) is 6.42 Å². The van der Waals surface area contributed by atoms with Crippen molar-refractivity contribution in [3.63, 3.8) is 0 Å². The van der Waals surface area contributed by atoms with Crippen molar-refractivity contribution in [2.24, 2.45) is 15.4 Å². The molecular weight excluding hydrogens is 206 g/mol. The lowest BCUT2D eigenvalue weighted by atomic mass is 9.97. The zero-order chi connectivity index (χ0) is 11.1. The minimum Gasteiger partial charge on any atom is -0.506 e. The third-order valence-electron chi connectivity index (χ3n) is 2.52. The van der Waals surface area contributed by atoms with Gasteiger partial charge in [-0.3, -0.25) is 4.98 Å². The third-order valence-corrected chi connectivity index (χ3v) is 2.52. The molecule has 0 atom stereocenters. The Balaban J connectivity index is 2.25. The van der Waals surface area contributed by atoms with Crippen LogP contribution in [0.25, 0.3) is 6.08 Å². The van der Waals surface area contributed by atoms with Crippen LogP contribution in [0, 0.1) is 11.3 Å². The molecule has 0 aromatic carbocycles. The van der Waals surface area contributed by atoms with E-state index < -0.39 is 0 Å². The van der Waals surface area contributed by atoms with Gasteiger partial charge in [0.25, 0.3) is 0 Å². The van der Waals surface area contributed by atoms with Crippen molar-refractivity contribution in [2.75, 3.05) is 0 Å². The maximum absolute atomic E-state index is 9.84. The van der Waals surface area contributed by atoms with Crippen molar-refractivity contribution in [3.05, 3.63) is 28.7 Å². The Labute approximate surface area is 90.3 Å². The van der Waals surface area contributed by atoms with Gasteiger partial charge in [-0.15, -0.1) is 10.2 Å². The Morgan fingerprint density at radius 2 is 2.31 bits per heavy atom. The minimum absolute atomic E-state index is 0.0545. The number of rotatable bonds is 0. The summed E-state index contributed by atoms with van der Waals surface area (Å²) in [5.74, 6) is -0.0545. The number of aromatic nitrogens is 1. The van der Waals surface area contributed by atoms with Gasteiger partial charge in [-0.25, -0.2) is 0 Å². The first-order valence-electron chi connectivity index (χ1n) is 4.60. The molecule has 76 valence electrons. The maximum Gasteiger partial charge on any atom is 0.144 e. The summed E-state index contributed by atoms with van der Waals surface area (Å²) >= 11 is 0. The SMILES string of the molecule is N#Cc1cnc2c(c1O)C=C1N=NN=C1C2. The zero-order valence-electron chi connectivity index (χ0n) is 8.05. The Morgan fingerprint density at radius 3 is 3.12 bits per heavy atom. The molecule has 16 heavy (non-hydrogen) atoms. The minimum atomic E-state index is -0.0545. The first-order valence-corrected chi connectivity index (χ1v) is 4.60. The number of nitriles is 1. The van der Waals surface area contributed by atoms with Gasteiger partial charge in [-0.05, 0) is 11.3 Å². The standard InChI is InChI=1S/C10H5N5O/c11-3-5-4-12-7-2-9-8(13-15-14-9)1-6(7)10(5)16/h1,4H,2H2,(H,12,16). The molecule has 0 radical (unpaired) electrons. The van der Waals surface area contributed by atoms with Crippen LogP contribution in [0.3, 0.4) is 0 Å². The quantitative estimate of drug-likeness (QED) is 0.702. The predicted octanol–water partition coefficient (Wildman–Crippen LogP) is 1.38.